The topological polar surface area (TPSA) is 50.9 Å². The molecule has 0 saturated heterocycles. The lowest BCUT2D eigenvalue weighted by molar-refractivity contribution is 0.639. The summed E-state index contributed by atoms with van der Waals surface area (Å²) in [6.45, 7) is 1.95. The third-order valence-electron chi connectivity index (χ3n) is 2.48. The second-order valence-electron chi connectivity index (χ2n) is 3.42. The smallest absolute Gasteiger partial charge is 0.143 e. The zero-order chi connectivity index (χ0) is 11.7. The van der Waals surface area contributed by atoms with Gasteiger partial charge in [0.1, 0.15) is 11.6 Å². The first-order valence-electron chi connectivity index (χ1n) is 4.91. The summed E-state index contributed by atoms with van der Waals surface area (Å²) in [6.07, 6.45) is 0.717. The van der Waals surface area contributed by atoms with Crippen molar-refractivity contribution in [3.05, 3.63) is 34.6 Å². The van der Waals surface area contributed by atoms with Crippen LogP contribution in [-0.2, 0) is 6.42 Å². The van der Waals surface area contributed by atoms with Crippen LogP contribution in [0.3, 0.4) is 0 Å². The number of anilines is 1. The summed E-state index contributed by atoms with van der Waals surface area (Å²) in [5.41, 5.74) is 3.77. The van der Waals surface area contributed by atoms with Gasteiger partial charge in [0, 0.05) is 5.39 Å². The molecule has 16 heavy (non-hydrogen) atoms. The van der Waals surface area contributed by atoms with E-state index in [1.54, 1.807) is 6.07 Å². The minimum absolute atomic E-state index is 0.329. The molecule has 0 spiro atoms. The van der Waals surface area contributed by atoms with Crippen LogP contribution in [0.4, 0.5) is 10.2 Å². The second-order valence-corrected chi connectivity index (χ2v) is 3.83. The summed E-state index contributed by atoms with van der Waals surface area (Å²) in [7, 11) is 0. The molecule has 0 amide bonds. The average molecular weight is 240 g/mol. The van der Waals surface area contributed by atoms with Crippen molar-refractivity contribution in [2.45, 2.75) is 13.3 Å². The number of nitrogens with one attached hydrogen (secondary N) is 1. The largest absolute Gasteiger partial charge is 0.308 e. The van der Waals surface area contributed by atoms with E-state index in [0.29, 0.717) is 28.2 Å². The van der Waals surface area contributed by atoms with E-state index in [9.17, 15) is 4.39 Å². The number of rotatable bonds is 2. The highest BCUT2D eigenvalue weighted by Gasteiger charge is 2.10. The highest BCUT2D eigenvalue weighted by atomic mass is 35.5. The van der Waals surface area contributed by atoms with Crippen LogP contribution in [-0.4, -0.2) is 4.98 Å². The van der Waals surface area contributed by atoms with Crippen molar-refractivity contribution in [3.63, 3.8) is 0 Å². The Morgan fingerprint density at radius 2 is 2.25 bits per heavy atom. The van der Waals surface area contributed by atoms with Crippen LogP contribution in [0.15, 0.2) is 18.2 Å². The number of aromatic nitrogens is 1. The molecule has 3 nitrogen and oxygen atoms in total. The van der Waals surface area contributed by atoms with Gasteiger partial charge in [-0.25, -0.2) is 15.2 Å². The summed E-state index contributed by atoms with van der Waals surface area (Å²) in [5, 5.41) is 0.832. The number of aryl methyl sites for hydroxylation is 1. The van der Waals surface area contributed by atoms with E-state index in [-0.39, 0.29) is 5.82 Å². The zero-order valence-corrected chi connectivity index (χ0v) is 9.48. The second kappa shape index (κ2) is 4.23. The molecule has 2 rings (SSSR count). The Morgan fingerprint density at radius 3 is 2.88 bits per heavy atom. The predicted molar refractivity (Wildman–Crippen MR) is 63.9 cm³/mol. The fraction of sp³-hybridized carbons (Fsp3) is 0.182. The maximum absolute atomic E-state index is 13.6. The van der Waals surface area contributed by atoms with Crippen LogP contribution in [0.2, 0.25) is 5.02 Å². The van der Waals surface area contributed by atoms with Crippen molar-refractivity contribution < 1.29 is 4.39 Å². The molecule has 0 atom stereocenters. The van der Waals surface area contributed by atoms with Gasteiger partial charge >= 0.3 is 0 Å². The molecule has 0 bridgehead atoms. The predicted octanol–water partition coefficient (Wildman–Crippen LogP) is 2.88. The molecule has 0 aliphatic heterocycles. The monoisotopic (exact) mass is 239 g/mol. The van der Waals surface area contributed by atoms with E-state index in [2.05, 4.69) is 10.4 Å². The number of benzene rings is 1. The van der Waals surface area contributed by atoms with E-state index in [1.165, 1.54) is 12.1 Å². The molecule has 0 aliphatic carbocycles. The number of fused-ring (bicyclic) bond motifs is 1. The Morgan fingerprint density at radius 1 is 1.50 bits per heavy atom. The molecular weight excluding hydrogens is 229 g/mol. The van der Waals surface area contributed by atoms with Gasteiger partial charge in [-0.3, -0.25) is 0 Å². The zero-order valence-electron chi connectivity index (χ0n) is 8.72. The van der Waals surface area contributed by atoms with Crippen molar-refractivity contribution >= 4 is 28.3 Å². The highest BCUT2D eigenvalue weighted by Crippen LogP contribution is 2.28. The van der Waals surface area contributed by atoms with Crippen molar-refractivity contribution in [1.29, 1.82) is 0 Å². The minimum atomic E-state index is -0.329. The molecule has 3 N–H and O–H groups in total. The summed E-state index contributed by atoms with van der Waals surface area (Å²) in [4.78, 5) is 4.22. The van der Waals surface area contributed by atoms with Gasteiger partial charge < -0.3 is 5.43 Å². The molecule has 0 fully saturated rings. The lowest BCUT2D eigenvalue weighted by Gasteiger charge is -2.09. The molecule has 1 heterocycles. The van der Waals surface area contributed by atoms with Gasteiger partial charge in [0.2, 0.25) is 0 Å². The summed E-state index contributed by atoms with van der Waals surface area (Å²) in [5.74, 6) is 5.56. The lowest BCUT2D eigenvalue weighted by atomic mass is 10.1. The maximum atomic E-state index is 13.6. The van der Waals surface area contributed by atoms with E-state index in [0.717, 1.165) is 5.56 Å². The third kappa shape index (κ3) is 1.70. The highest BCUT2D eigenvalue weighted by molar-refractivity contribution is 6.35. The van der Waals surface area contributed by atoms with E-state index in [1.807, 2.05) is 6.92 Å². The van der Waals surface area contributed by atoms with Crippen molar-refractivity contribution in [3.8, 4) is 0 Å². The molecule has 2 aromatic rings. The van der Waals surface area contributed by atoms with Gasteiger partial charge in [0.15, 0.2) is 0 Å². The van der Waals surface area contributed by atoms with Crippen molar-refractivity contribution in [2.75, 3.05) is 5.43 Å². The van der Waals surface area contributed by atoms with Gasteiger partial charge in [-0.1, -0.05) is 18.5 Å². The van der Waals surface area contributed by atoms with Gasteiger partial charge in [-0.15, -0.1) is 0 Å². The standard InChI is InChI=1S/C11H11ClFN3/c1-2-6-5-7-9(13)4-3-8(12)10(7)15-11(6)16-14/h3-5H,2,14H2,1H3,(H,15,16). The fourth-order valence-corrected chi connectivity index (χ4v) is 1.84. The summed E-state index contributed by atoms with van der Waals surface area (Å²) in [6, 6.07) is 4.54. The minimum Gasteiger partial charge on any atom is -0.308 e. The lowest BCUT2D eigenvalue weighted by Crippen LogP contribution is -2.11. The number of hydrogen-bond acceptors (Lipinski definition) is 3. The van der Waals surface area contributed by atoms with Crippen LogP contribution in [0.25, 0.3) is 10.9 Å². The molecule has 0 unspecified atom stereocenters. The Hall–Kier alpha value is -1.39. The normalized spacial score (nSPS) is 10.8. The third-order valence-corrected chi connectivity index (χ3v) is 2.78. The van der Waals surface area contributed by atoms with Gasteiger partial charge in [-0.2, -0.15) is 0 Å². The molecule has 0 saturated carbocycles. The first-order chi connectivity index (χ1) is 7.67. The maximum Gasteiger partial charge on any atom is 0.143 e. The molecule has 1 aromatic carbocycles. The average Bonchev–Trinajstić information content (AvgIpc) is 2.32. The first-order valence-corrected chi connectivity index (χ1v) is 5.29. The summed E-state index contributed by atoms with van der Waals surface area (Å²) >= 11 is 5.96. The Labute approximate surface area is 97.4 Å². The molecule has 0 aliphatic rings. The van der Waals surface area contributed by atoms with E-state index >= 15 is 0 Å². The molecule has 0 radical (unpaired) electrons. The Bertz CT molecular complexity index is 494. The molecule has 84 valence electrons. The van der Waals surface area contributed by atoms with Gasteiger partial charge in [0.05, 0.1) is 10.5 Å². The SMILES string of the molecule is CCc1cc2c(F)ccc(Cl)c2nc1NN. The first kappa shape index (κ1) is 11.1. The van der Waals surface area contributed by atoms with E-state index in [4.69, 9.17) is 17.4 Å². The number of nitrogens with two attached hydrogens (primary N) is 1. The number of nitrogen functional groups attached to an aromatic ring is 1. The van der Waals surface area contributed by atoms with Crippen molar-refractivity contribution in [2.24, 2.45) is 5.84 Å². The molecular formula is C11H11ClFN3. The number of pyridine rings is 1. The number of halogens is 2. The van der Waals surface area contributed by atoms with Crippen LogP contribution >= 0.6 is 11.6 Å². The Kier molecular flexibility index (Phi) is 2.94. The number of nitrogens with zero attached hydrogens (tertiary/aromatic N) is 1. The molecule has 1 aromatic heterocycles. The number of hydrazine groups is 1. The Balaban J connectivity index is 2.82. The van der Waals surface area contributed by atoms with Crippen LogP contribution in [0.1, 0.15) is 12.5 Å². The van der Waals surface area contributed by atoms with E-state index < -0.39 is 0 Å². The van der Waals surface area contributed by atoms with Crippen molar-refractivity contribution in [1.82, 2.24) is 4.98 Å². The van der Waals surface area contributed by atoms with Gasteiger partial charge in [0.25, 0.3) is 0 Å². The van der Waals surface area contributed by atoms with Crippen LogP contribution < -0.4 is 11.3 Å². The fourth-order valence-electron chi connectivity index (χ4n) is 1.63. The quantitative estimate of drug-likeness (QED) is 0.626. The molecule has 5 heteroatoms. The number of hydrogen-bond donors (Lipinski definition) is 2. The van der Waals surface area contributed by atoms with Gasteiger partial charge in [-0.05, 0) is 30.2 Å². The van der Waals surface area contributed by atoms with Crippen LogP contribution in [0, 0.1) is 5.82 Å². The summed E-state index contributed by atoms with van der Waals surface area (Å²) < 4.78 is 13.6. The van der Waals surface area contributed by atoms with Crippen LogP contribution in [0.5, 0.6) is 0 Å².